The molecule has 0 atom stereocenters. The third-order valence-corrected chi connectivity index (χ3v) is 5.56. The first-order valence-electron chi connectivity index (χ1n) is 10.1. The van der Waals surface area contributed by atoms with Gasteiger partial charge in [0, 0.05) is 7.05 Å². The number of amides is 1. The second-order valence-corrected chi connectivity index (χ2v) is 7.94. The summed E-state index contributed by atoms with van der Waals surface area (Å²) < 4.78 is 46.1. The smallest absolute Gasteiger partial charge is 0.416 e. The number of nitrogens with zero attached hydrogens (tertiary/aromatic N) is 2. The number of halogens is 3. The van der Waals surface area contributed by atoms with E-state index in [0.29, 0.717) is 18.5 Å². The molecule has 7 nitrogen and oxygen atoms in total. The Morgan fingerprint density at radius 1 is 1.15 bits per heavy atom. The highest BCUT2D eigenvalue weighted by Crippen LogP contribution is 2.46. The molecule has 0 unspecified atom stereocenters. The van der Waals surface area contributed by atoms with Crippen LogP contribution in [-0.4, -0.2) is 26.8 Å². The normalized spacial score (nSPS) is 14.6. The number of carbonyl (C=O) groups is 2. The molecule has 1 aliphatic carbocycles. The molecule has 1 heterocycles. The summed E-state index contributed by atoms with van der Waals surface area (Å²) in [5, 5.41) is 16.2. The first-order chi connectivity index (χ1) is 15.5. The molecule has 0 saturated heterocycles. The van der Waals surface area contributed by atoms with E-state index < -0.39 is 29.2 Å². The number of carboxylic acids is 1. The molecule has 4 rings (SSSR count). The summed E-state index contributed by atoms with van der Waals surface area (Å²) in [4.78, 5) is 24.3. The molecule has 1 aromatic heterocycles. The first-order valence-corrected chi connectivity index (χ1v) is 10.1. The molecule has 1 aliphatic rings. The molecule has 1 saturated carbocycles. The zero-order valence-corrected chi connectivity index (χ0v) is 17.7. The largest absolute Gasteiger partial charge is 0.478 e. The molecule has 33 heavy (non-hydrogen) atoms. The van der Waals surface area contributed by atoms with E-state index >= 15 is 0 Å². The lowest BCUT2D eigenvalue weighted by Crippen LogP contribution is -2.35. The molecule has 0 radical (unpaired) electrons. The van der Waals surface area contributed by atoms with Crippen molar-refractivity contribution in [3.05, 3.63) is 76.5 Å². The lowest BCUT2D eigenvalue weighted by atomic mass is 10.0. The number of carbonyl (C=O) groups excluding carboxylic acids is 1. The second-order valence-electron chi connectivity index (χ2n) is 7.94. The van der Waals surface area contributed by atoms with Crippen LogP contribution in [0.4, 0.5) is 13.2 Å². The van der Waals surface area contributed by atoms with Crippen molar-refractivity contribution in [2.75, 3.05) is 0 Å². The summed E-state index contributed by atoms with van der Waals surface area (Å²) in [6.45, 7) is 1.61. The number of hydrogen-bond acceptors (Lipinski definition) is 4. The van der Waals surface area contributed by atoms with Gasteiger partial charge >= 0.3 is 12.1 Å². The van der Waals surface area contributed by atoms with Crippen LogP contribution in [0.3, 0.4) is 0 Å². The van der Waals surface area contributed by atoms with Crippen LogP contribution < -0.4 is 10.1 Å². The molecular formula is C23H20F3N3O4. The standard InChI is InChI=1S/C23H20F3N3O4/c1-13-18(19(30)27-22(10-11-22)15-8-6-14(7-9-15)21(31)32)20(29(2)28-13)33-17-5-3-4-16(12-17)23(24,25)26/h3-9,12H,10-11H2,1-2H3,(H,27,30)(H,31,32). The van der Waals surface area contributed by atoms with Gasteiger partial charge in [-0.3, -0.25) is 4.79 Å². The molecule has 3 aromatic rings. The quantitative estimate of drug-likeness (QED) is 0.560. The van der Waals surface area contributed by atoms with Crippen LogP contribution >= 0.6 is 0 Å². The minimum absolute atomic E-state index is 0.0151. The number of alkyl halides is 3. The number of ether oxygens (including phenoxy) is 1. The molecule has 0 spiro atoms. The SMILES string of the molecule is Cc1nn(C)c(Oc2cccc(C(F)(F)F)c2)c1C(=O)NC1(c2ccc(C(=O)O)cc2)CC1. The number of hydrogen-bond donors (Lipinski definition) is 2. The number of aromatic carboxylic acids is 1. The van der Waals surface area contributed by atoms with Crippen LogP contribution in [0.1, 0.15) is 50.4 Å². The number of aromatic nitrogens is 2. The molecule has 10 heteroatoms. The van der Waals surface area contributed by atoms with Crippen LogP contribution in [0.5, 0.6) is 11.6 Å². The van der Waals surface area contributed by atoms with E-state index in [-0.39, 0.29) is 22.8 Å². The Morgan fingerprint density at radius 2 is 1.82 bits per heavy atom. The Labute approximate surface area is 186 Å². The van der Waals surface area contributed by atoms with Crippen molar-refractivity contribution in [1.82, 2.24) is 15.1 Å². The van der Waals surface area contributed by atoms with E-state index in [0.717, 1.165) is 17.7 Å². The van der Waals surface area contributed by atoms with E-state index in [2.05, 4.69) is 10.4 Å². The van der Waals surface area contributed by atoms with Crippen molar-refractivity contribution >= 4 is 11.9 Å². The highest BCUT2D eigenvalue weighted by atomic mass is 19.4. The van der Waals surface area contributed by atoms with Gasteiger partial charge in [0.05, 0.1) is 22.4 Å². The molecule has 2 aromatic carbocycles. The van der Waals surface area contributed by atoms with Crippen LogP contribution in [0.25, 0.3) is 0 Å². The van der Waals surface area contributed by atoms with Gasteiger partial charge in [-0.25, -0.2) is 9.48 Å². The van der Waals surface area contributed by atoms with Gasteiger partial charge in [0.15, 0.2) is 0 Å². The molecule has 172 valence electrons. The average molecular weight is 459 g/mol. The Hall–Kier alpha value is -3.82. The van der Waals surface area contributed by atoms with E-state index in [1.54, 1.807) is 19.1 Å². The van der Waals surface area contributed by atoms with Gasteiger partial charge in [-0.05, 0) is 55.7 Å². The van der Waals surface area contributed by atoms with Crippen molar-refractivity contribution in [2.45, 2.75) is 31.5 Å². The topological polar surface area (TPSA) is 93.5 Å². The van der Waals surface area contributed by atoms with Crippen LogP contribution in [0.15, 0.2) is 48.5 Å². The summed E-state index contributed by atoms with van der Waals surface area (Å²) in [6.07, 6.45) is -3.21. The van der Waals surface area contributed by atoms with E-state index in [1.807, 2.05) is 0 Å². The Balaban J connectivity index is 1.60. The van der Waals surface area contributed by atoms with E-state index in [9.17, 15) is 22.8 Å². The number of aryl methyl sites for hydroxylation is 2. The third-order valence-electron chi connectivity index (χ3n) is 5.56. The summed E-state index contributed by atoms with van der Waals surface area (Å²) >= 11 is 0. The molecular weight excluding hydrogens is 439 g/mol. The number of benzene rings is 2. The number of nitrogens with one attached hydrogen (secondary N) is 1. The molecule has 1 amide bonds. The Morgan fingerprint density at radius 3 is 2.39 bits per heavy atom. The Kier molecular flexibility index (Phi) is 5.39. The van der Waals surface area contributed by atoms with Gasteiger partial charge in [0.25, 0.3) is 5.91 Å². The van der Waals surface area contributed by atoms with E-state index in [4.69, 9.17) is 9.84 Å². The van der Waals surface area contributed by atoms with Crippen molar-refractivity contribution in [1.29, 1.82) is 0 Å². The van der Waals surface area contributed by atoms with E-state index in [1.165, 1.54) is 36.0 Å². The fraction of sp³-hybridized carbons (Fsp3) is 0.261. The van der Waals surface area contributed by atoms with Gasteiger partial charge < -0.3 is 15.2 Å². The highest BCUT2D eigenvalue weighted by Gasteiger charge is 2.46. The zero-order valence-electron chi connectivity index (χ0n) is 17.7. The third kappa shape index (κ3) is 4.41. The predicted molar refractivity (Wildman–Crippen MR) is 111 cm³/mol. The van der Waals surface area contributed by atoms with Crippen molar-refractivity contribution in [3.8, 4) is 11.6 Å². The number of rotatable bonds is 6. The van der Waals surface area contributed by atoms with Crippen LogP contribution in [0, 0.1) is 6.92 Å². The fourth-order valence-electron chi connectivity index (χ4n) is 3.69. The van der Waals surface area contributed by atoms with Crippen LogP contribution in [-0.2, 0) is 18.8 Å². The lowest BCUT2D eigenvalue weighted by molar-refractivity contribution is -0.137. The number of carboxylic acid groups (broad SMARTS) is 1. The minimum Gasteiger partial charge on any atom is -0.478 e. The zero-order chi connectivity index (χ0) is 24.0. The van der Waals surface area contributed by atoms with Gasteiger partial charge in [0.1, 0.15) is 11.3 Å². The fourth-order valence-corrected chi connectivity index (χ4v) is 3.69. The van der Waals surface area contributed by atoms with Crippen LogP contribution in [0.2, 0.25) is 0 Å². The predicted octanol–water partition coefficient (Wildman–Crippen LogP) is 4.66. The monoisotopic (exact) mass is 459 g/mol. The minimum atomic E-state index is -4.53. The second kappa shape index (κ2) is 7.95. The average Bonchev–Trinajstić information content (AvgIpc) is 3.47. The van der Waals surface area contributed by atoms with Crippen molar-refractivity contribution < 1.29 is 32.6 Å². The van der Waals surface area contributed by atoms with Gasteiger partial charge in [-0.2, -0.15) is 18.3 Å². The Bertz CT molecular complexity index is 1230. The summed E-state index contributed by atoms with van der Waals surface area (Å²) in [6, 6.07) is 10.6. The van der Waals surface area contributed by atoms with Gasteiger partial charge in [-0.15, -0.1) is 0 Å². The molecule has 1 fully saturated rings. The summed E-state index contributed by atoms with van der Waals surface area (Å²) in [5.41, 5.74) is -0.142. The first kappa shape index (κ1) is 22.4. The summed E-state index contributed by atoms with van der Waals surface area (Å²) in [7, 11) is 1.53. The lowest BCUT2D eigenvalue weighted by Gasteiger charge is -2.19. The van der Waals surface area contributed by atoms with Crippen molar-refractivity contribution in [3.63, 3.8) is 0 Å². The van der Waals surface area contributed by atoms with Gasteiger partial charge in [-0.1, -0.05) is 18.2 Å². The maximum absolute atomic E-state index is 13.2. The molecule has 0 aliphatic heterocycles. The summed E-state index contributed by atoms with van der Waals surface area (Å²) in [5.74, 6) is -1.59. The highest BCUT2D eigenvalue weighted by molar-refractivity contribution is 5.98. The van der Waals surface area contributed by atoms with Gasteiger partial charge in [0.2, 0.25) is 5.88 Å². The molecule has 0 bridgehead atoms. The molecule has 2 N–H and O–H groups in total. The maximum atomic E-state index is 13.2. The van der Waals surface area contributed by atoms with Crippen molar-refractivity contribution in [2.24, 2.45) is 7.05 Å². The maximum Gasteiger partial charge on any atom is 0.416 e.